The zero-order valence-corrected chi connectivity index (χ0v) is 9.17. The Labute approximate surface area is 106 Å². The number of nitrogens with zero attached hydrogens (tertiary/aromatic N) is 1. The van der Waals surface area contributed by atoms with Crippen molar-refractivity contribution in [3.63, 3.8) is 0 Å². The van der Waals surface area contributed by atoms with Crippen molar-refractivity contribution < 1.29 is 36.1 Å². The van der Waals surface area contributed by atoms with Gasteiger partial charge in [-0.2, -0.15) is 26.3 Å². The molecule has 0 atom stereocenters. The molecule has 1 amide bonds. The highest BCUT2D eigenvalue weighted by Crippen LogP contribution is 2.44. The van der Waals surface area contributed by atoms with E-state index in [1.54, 1.807) is 0 Å². The number of carbonyl (C=O) groups excluding carboxylic acids is 1. The summed E-state index contributed by atoms with van der Waals surface area (Å²) < 4.78 is 75.7. The van der Waals surface area contributed by atoms with Gasteiger partial charge in [-0.05, 0) is 6.07 Å². The molecule has 2 N–H and O–H groups in total. The van der Waals surface area contributed by atoms with Gasteiger partial charge in [0.05, 0.1) is 16.1 Å². The van der Waals surface area contributed by atoms with Gasteiger partial charge in [0, 0.05) is 6.07 Å². The molecule has 0 bridgehead atoms. The third kappa shape index (κ3) is 2.81. The van der Waals surface area contributed by atoms with Crippen LogP contribution in [-0.4, -0.2) is 10.8 Å². The minimum absolute atomic E-state index is 0.118. The van der Waals surface area contributed by atoms with E-state index in [1.807, 2.05) is 0 Å². The minimum atomic E-state index is -5.64. The lowest BCUT2D eigenvalue weighted by atomic mass is 9.97. The number of alkyl halides is 6. The Hall–Kier alpha value is -2.33. The van der Waals surface area contributed by atoms with Gasteiger partial charge in [-0.1, -0.05) is 0 Å². The van der Waals surface area contributed by atoms with Crippen LogP contribution in [0.2, 0.25) is 0 Å². The molecule has 1 rings (SSSR count). The molecule has 1 aromatic rings. The van der Waals surface area contributed by atoms with Crippen LogP contribution in [0, 0.1) is 10.1 Å². The molecule has 0 aliphatic heterocycles. The molecule has 11 heteroatoms. The van der Waals surface area contributed by atoms with E-state index in [2.05, 4.69) is 5.73 Å². The summed E-state index contributed by atoms with van der Waals surface area (Å²) >= 11 is 0. The lowest BCUT2D eigenvalue weighted by Crippen LogP contribution is -2.25. The molecule has 0 fully saturated rings. The maximum Gasteiger partial charge on any atom is 0.418 e. The average molecular weight is 302 g/mol. The fourth-order valence-corrected chi connectivity index (χ4v) is 1.52. The number of halogens is 6. The molecule has 20 heavy (non-hydrogen) atoms. The predicted molar refractivity (Wildman–Crippen MR) is 51.6 cm³/mol. The number of nitrogens with two attached hydrogens (primary N) is 1. The number of nitro benzene ring substituents is 1. The van der Waals surface area contributed by atoms with Crippen molar-refractivity contribution in [2.24, 2.45) is 5.73 Å². The van der Waals surface area contributed by atoms with E-state index in [0.717, 1.165) is 0 Å². The SMILES string of the molecule is NC(=O)c1c([N+](=O)[O-])ccc(C(F)(F)F)c1C(F)(F)F. The second kappa shape index (κ2) is 4.65. The molecule has 0 aromatic heterocycles. The second-order valence-corrected chi connectivity index (χ2v) is 3.50. The van der Waals surface area contributed by atoms with Crippen molar-refractivity contribution in [1.29, 1.82) is 0 Å². The first-order chi connectivity index (χ1) is 8.87. The van der Waals surface area contributed by atoms with Crippen molar-refractivity contribution in [2.75, 3.05) is 0 Å². The average Bonchev–Trinajstić information content (AvgIpc) is 2.24. The van der Waals surface area contributed by atoms with Crippen molar-refractivity contribution >= 4 is 11.6 Å². The van der Waals surface area contributed by atoms with Gasteiger partial charge in [-0.25, -0.2) is 0 Å². The van der Waals surface area contributed by atoms with E-state index in [4.69, 9.17) is 0 Å². The first kappa shape index (κ1) is 15.7. The highest BCUT2D eigenvalue weighted by molar-refractivity contribution is 5.99. The van der Waals surface area contributed by atoms with Crippen LogP contribution in [0.4, 0.5) is 32.0 Å². The van der Waals surface area contributed by atoms with Gasteiger partial charge in [-0.3, -0.25) is 14.9 Å². The Balaban J connectivity index is 3.91. The predicted octanol–water partition coefficient (Wildman–Crippen LogP) is 2.73. The Morgan fingerprint density at radius 1 is 1.10 bits per heavy atom. The standard InChI is InChI=1S/C9H4F6N2O3/c10-8(11,12)3-1-2-4(17(19)20)5(7(16)18)6(3)9(13,14)15/h1-2H,(H2,16,18). The molecule has 0 spiro atoms. The summed E-state index contributed by atoms with van der Waals surface area (Å²) in [6.07, 6.45) is -11.1. The maximum absolute atomic E-state index is 12.7. The fourth-order valence-electron chi connectivity index (χ4n) is 1.52. The smallest absolute Gasteiger partial charge is 0.365 e. The molecular weight excluding hydrogens is 298 g/mol. The Bertz CT molecular complexity index is 578. The van der Waals surface area contributed by atoms with Crippen LogP contribution >= 0.6 is 0 Å². The quantitative estimate of drug-likeness (QED) is 0.517. The van der Waals surface area contributed by atoms with Crippen molar-refractivity contribution in [2.45, 2.75) is 12.4 Å². The summed E-state index contributed by atoms with van der Waals surface area (Å²) in [6, 6.07) is 0.0333. The van der Waals surface area contributed by atoms with E-state index in [1.165, 1.54) is 0 Å². The maximum atomic E-state index is 12.7. The summed E-state index contributed by atoms with van der Waals surface area (Å²) in [7, 11) is 0. The number of hydrogen-bond donors (Lipinski definition) is 1. The van der Waals surface area contributed by atoms with Crippen molar-refractivity contribution in [1.82, 2.24) is 0 Å². The van der Waals surface area contributed by atoms with E-state index in [-0.39, 0.29) is 12.1 Å². The van der Waals surface area contributed by atoms with E-state index < -0.39 is 45.6 Å². The number of nitro groups is 1. The zero-order chi connectivity index (χ0) is 15.9. The van der Waals surface area contributed by atoms with Crippen LogP contribution in [0.15, 0.2) is 12.1 Å². The lowest BCUT2D eigenvalue weighted by molar-refractivity contribution is -0.385. The van der Waals surface area contributed by atoms with Gasteiger partial charge >= 0.3 is 12.4 Å². The van der Waals surface area contributed by atoms with Crippen molar-refractivity contribution in [3.05, 3.63) is 38.9 Å². The minimum Gasteiger partial charge on any atom is -0.365 e. The normalized spacial score (nSPS) is 12.3. The Morgan fingerprint density at radius 2 is 1.60 bits per heavy atom. The highest BCUT2D eigenvalue weighted by Gasteiger charge is 2.48. The summed E-state index contributed by atoms with van der Waals surface area (Å²) in [5.74, 6) is -1.98. The summed E-state index contributed by atoms with van der Waals surface area (Å²) in [5, 5.41) is 10.5. The third-order valence-electron chi connectivity index (χ3n) is 2.22. The number of amides is 1. The van der Waals surface area contributed by atoms with E-state index in [9.17, 15) is 41.3 Å². The van der Waals surface area contributed by atoms with Crippen LogP contribution in [-0.2, 0) is 12.4 Å². The lowest BCUT2D eigenvalue weighted by Gasteiger charge is -2.17. The second-order valence-electron chi connectivity index (χ2n) is 3.50. The monoisotopic (exact) mass is 302 g/mol. The molecule has 0 saturated heterocycles. The molecule has 110 valence electrons. The van der Waals surface area contributed by atoms with Gasteiger partial charge in [0.2, 0.25) is 0 Å². The molecule has 0 aliphatic carbocycles. The molecule has 0 aliphatic rings. The summed E-state index contributed by atoms with van der Waals surface area (Å²) in [4.78, 5) is 20.0. The number of hydrogen-bond acceptors (Lipinski definition) is 3. The molecule has 1 aromatic carbocycles. The van der Waals surface area contributed by atoms with Gasteiger partial charge in [-0.15, -0.1) is 0 Å². The van der Waals surface area contributed by atoms with Gasteiger partial charge < -0.3 is 5.73 Å². The third-order valence-corrected chi connectivity index (χ3v) is 2.22. The van der Waals surface area contributed by atoms with Crippen LogP contribution < -0.4 is 5.73 Å². The number of carbonyl (C=O) groups is 1. The number of primary amides is 1. The van der Waals surface area contributed by atoms with Gasteiger partial charge in [0.15, 0.2) is 0 Å². The van der Waals surface area contributed by atoms with Gasteiger partial charge in [0.1, 0.15) is 5.56 Å². The molecule has 0 radical (unpaired) electrons. The number of rotatable bonds is 2. The van der Waals surface area contributed by atoms with Gasteiger partial charge in [0.25, 0.3) is 11.6 Å². The number of benzene rings is 1. The molecule has 0 saturated carbocycles. The van der Waals surface area contributed by atoms with Crippen LogP contribution in [0.3, 0.4) is 0 Å². The van der Waals surface area contributed by atoms with E-state index in [0.29, 0.717) is 0 Å². The first-order valence-electron chi connectivity index (χ1n) is 4.63. The molecule has 5 nitrogen and oxygen atoms in total. The topological polar surface area (TPSA) is 86.2 Å². The van der Waals surface area contributed by atoms with Crippen LogP contribution in [0.1, 0.15) is 21.5 Å². The molecular formula is C9H4F6N2O3. The molecule has 0 unspecified atom stereocenters. The van der Waals surface area contributed by atoms with Crippen molar-refractivity contribution in [3.8, 4) is 0 Å². The first-order valence-corrected chi connectivity index (χ1v) is 4.63. The summed E-state index contributed by atoms with van der Waals surface area (Å²) in [5.41, 5.74) is -3.40. The molecule has 0 heterocycles. The Kier molecular flexibility index (Phi) is 3.66. The van der Waals surface area contributed by atoms with E-state index >= 15 is 0 Å². The largest absolute Gasteiger partial charge is 0.418 e. The highest BCUT2D eigenvalue weighted by atomic mass is 19.4. The Morgan fingerprint density at radius 3 is 1.90 bits per heavy atom. The zero-order valence-electron chi connectivity index (χ0n) is 9.17. The fraction of sp³-hybridized carbons (Fsp3) is 0.222. The summed E-state index contributed by atoms with van der Waals surface area (Å²) in [6.45, 7) is 0. The van der Waals surface area contributed by atoms with Crippen LogP contribution in [0.25, 0.3) is 0 Å². The van der Waals surface area contributed by atoms with Crippen LogP contribution in [0.5, 0.6) is 0 Å².